The molecule has 0 saturated carbocycles. The summed E-state index contributed by atoms with van der Waals surface area (Å²) in [6.07, 6.45) is 4.74. The van der Waals surface area contributed by atoms with Crippen molar-refractivity contribution in [2.75, 3.05) is 6.61 Å². The number of amides is 1. The molecule has 0 bridgehead atoms. The van der Waals surface area contributed by atoms with E-state index in [1.165, 1.54) is 6.08 Å². The van der Waals surface area contributed by atoms with Crippen LogP contribution in [-0.2, 0) is 23.0 Å². The minimum atomic E-state index is -1.00. The van der Waals surface area contributed by atoms with Crippen molar-refractivity contribution in [2.24, 2.45) is 7.05 Å². The summed E-state index contributed by atoms with van der Waals surface area (Å²) in [6, 6.07) is 14.9. The molecule has 0 aliphatic carbocycles. The Morgan fingerprint density at radius 3 is 2.48 bits per heavy atom. The summed E-state index contributed by atoms with van der Waals surface area (Å²) in [5, 5.41) is 12.8. The third-order valence-electron chi connectivity index (χ3n) is 4.92. The number of fused-ring (bicyclic) bond motifs is 1. The molecule has 0 fully saturated rings. The Hall–Kier alpha value is -3.74. The van der Waals surface area contributed by atoms with Crippen molar-refractivity contribution in [2.45, 2.75) is 38.8 Å². The van der Waals surface area contributed by atoms with Crippen LogP contribution in [0.3, 0.4) is 0 Å². The Morgan fingerprint density at radius 1 is 1.12 bits per heavy atom. The van der Waals surface area contributed by atoms with Gasteiger partial charge >= 0.3 is 12.1 Å². The average Bonchev–Trinajstić information content (AvgIpc) is 3.05. The highest BCUT2D eigenvalue weighted by Crippen LogP contribution is 2.22. The zero-order valence-corrected chi connectivity index (χ0v) is 19.4. The number of benzene rings is 2. The molecule has 0 spiro atoms. The van der Waals surface area contributed by atoms with Crippen LogP contribution in [0.1, 0.15) is 31.9 Å². The van der Waals surface area contributed by atoms with E-state index in [4.69, 9.17) is 14.6 Å². The van der Waals surface area contributed by atoms with Gasteiger partial charge in [0.1, 0.15) is 18.0 Å². The summed E-state index contributed by atoms with van der Waals surface area (Å²) in [5.41, 5.74) is 2.37. The van der Waals surface area contributed by atoms with E-state index in [-0.39, 0.29) is 12.6 Å². The number of aliphatic carboxylic acids is 1. The molecule has 2 N–H and O–H groups in total. The fourth-order valence-electron chi connectivity index (χ4n) is 3.52. The highest BCUT2D eigenvalue weighted by atomic mass is 16.6. The van der Waals surface area contributed by atoms with Crippen LogP contribution in [0.5, 0.6) is 5.75 Å². The molecule has 0 saturated heterocycles. The molecule has 3 rings (SSSR count). The third kappa shape index (κ3) is 7.14. The summed E-state index contributed by atoms with van der Waals surface area (Å²) >= 11 is 0. The van der Waals surface area contributed by atoms with Crippen LogP contribution in [0.2, 0.25) is 0 Å². The molecule has 0 aliphatic heterocycles. The van der Waals surface area contributed by atoms with Crippen molar-refractivity contribution >= 4 is 29.0 Å². The van der Waals surface area contributed by atoms with Crippen molar-refractivity contribution in [1.29, 1.82) is 0 Å². The van der Waals surface area contributed by atoms with Crippen molar-refractivity contribution in [3.63, 3.8) is 0 Å². The molecule has 7 heteroatoms. The van der Waals surface area contributed by atoms with Crippen molar-refractivity contribution < 1.29 is 24.2 Å². The van der Waals surface area contributed by atoms with E-state index in [0.29, 0.717) is 12.2 Å². The molecule has 1 amide bonds. The number of hydrogen-bond acceptors (Lipinski definition) is 4. The Kier molecular flexibility index (Phi) is 7.43. The summed E-state index contributed by atoms with van der Waals surface area (Å²) < 4.78 is 13.5. The number of nitrogens with one attached hydrogen (secondary N) is 1. The molecule has 0 aliphatic rings. The van der Waals surface area contributed by atoms with Gasteiger partial charge in [-0.1, -0.05) is 30.3 Å². The standard InChI is InChI=1S/C26H30N2O5/c1-26(2,3)33-25(31)27-20(15-19-16-28(4)23-8-6-5-7-22(19)23)17-32-21-12-9-18(10-13-21)11-14-24(29)30/h5-14,16,20H,15,17H2,1-4H3,(H,27,31)(H,29,30)/b14-11+/t20-/m0/s1. The van der Waals surface area contributed by atoms with E-state index in [1.54, 1.807) is 24.3 Å². The fourth-order valence-corrected chi connectivity index (χ4v) is 3.52. The second-order valence-corrected chi connectivity index (χ2v) is 8.88. The quantitative estimate of drug-likeness (QED) is 0.482. The van der Waals surface area contributed by atoms with Gasteiger partial charge in [0.25, 0.3) is 0 Å². The predicted octanol–water partition coefficient (Wildman–Crippen LogP) is 4.79. The van der Waals surface area contributed by atoms with Crippen molar-refractivity contribution in [3.8, 4) is 5.75 Å². The maximum Gasteiger partial charge on any atom is 0.408 e. The highest BCUT2D eigenvalue weighted by Gasteiger charge is 2.21. The van der Waals surface area contributed by atoms with E-state index >= 15 is 0 Å². The van der Waals surface area contributed by atoms with Crippen LogP contribution in [0.15, 0.2) is 60.8 Å². The predicted molar refractivity (Wildman–Crippen MR) is 128 cm³/mol. The van der Waals surface area contributed by atoms with Gasteiger partial charge in [0.05, 0.1) is 6.04 Å². The number of aromatic nitrogens is 1. The summed E-state index contributed by atoms with van der Waals surface area (Å²) in [4.78, 5) is 23.1. The minimum Gasteiger partial charge on any atom is -0.491 e. The second-order valence-electron chi connectivity index (χ2n) is 8.88. The summed E-state index contributed by atoms with van der Waals surface area (Å²) in [6.45, 7) is 5.71. The number of hydrogen-bond donors (Lipinski definition) is 2. The minimum absolute atomic E-state index is 0.243. The molecule has 0 radical (unpaired) electrons. The SMILES string of the molecule is Cn1cc(C[C@@H](COc2ccc(/C=C/C(=O)O)cc2)NC(=O)OC(C)(C)C)c2ccccc21. The number of carboxylic acids is 1. The first-order valence-electron chi connectivity index (χ1n) is 10.8. The molecular weight excluding hydrogens is 420 g/mol. The molecular formula is C26H30N2O5. The zero-order chi connectivity index (χ0) is 24.0. The molecule has 1 atom stereocenters. The van der Waals surface area contributed by atoms with Gasteiger partial charge in [0.2, 0.25) is 0 Å². The molecule has 33 heavy (non-hydrogen) atoms. The first-order chi connectivity index (χ1) is 15.6. The Labute approximate surface area is 193 Å². The molecule has 2 aromatic carbocycles. The molecule has 7 nitrogen and oxygen atoms in total. The van der Waals surface area contributed by atoms with E-state index < -0.39 is 17.7 Å². The van der Waals surface area contributed by atoms with Crippen LogP contribution in [0, 0.1) is 0 Å². The Balaban J connectivity index is 1.74. The maximum absolute atomic E-state index is 12.5. The number of ether oxygens (including phenoxy) is 2. The lowest BCUT2D eigenvalue weighted by Gasteiger charge is -2.24. The highest BCUT2D eigenvalue weighted by molar-refractivity contribution is 5.85. The number of carbonyl (C=O) groups is 2. The number of carbonyl (C=O) groups excluding carboxylic acids is 1. The second kappa shape index (κ2) is 10.3. The first kappa shape index (κ1) is 23.9. The first-order valence-corrected chi connectivity index (χ1v) is 10.8. The van der Waals surface area contributed by atoms with E-state index in [1.807, 2.05) is 40.0 Å². The number of aryl methyl sites for hydroxylation is 1. The topological polar surface area (TPSA) is 89.8 Å². The monoisotopic (exact) mass is 450 g/mol. The Bertz CT molecular complexity index is 1140. The molecule has 3 aromatic rings. The lowest BCUT2D eigenvalue weighted by atomic mass is 10.1. The van der Waals surface area contributed by atoms with Crippen LogP contribution in [-0.4, -0.2) is 40.0 Å². The van der Waals surface area contributed by atoms with E-state index in [9.17, 15) is 9.59 Å². The summed E-state index contributed by atoms with van der Waals surface area (Å²) in [7, 11) is 2.00. The lowest BCUT2D eigenvalue weighted by Crippen LogP contribution is -2.43. The molecule has 174 valence electrons. The van der Waals surface area contributed by atoms with Gasteiger partial charge in [0, 0.05) is 30.2 Å². The van der Waals surface area contributed by atoms with Crippen LogP contribution in [0.4, 0.5) is 4.79 Å². The van der Waals surface area contributed by atoms with Crippen molar-refractivity contribution in [3.05, 3.63) is 71.9 Å². The van der Waals surface area contributed by atoms with Gasteiger partial charge in [-0.3, -0.25) is 0 Å². The van der Waals surface area contributed by atoms with Crippen LogP contribution < -0.4 is 10.1 Å². The lowest BCUT2D eigenvalue weighted by molar-refractivity contribution is -0.131. The number of nitrogens with zero attached hydrogens (tertiary/aromatic N) is 1. The summed E-state index contributed by atoms with van der Waals surface area (Å²) in [5.74, 6) is -0.379. The maximum atomic E-state index is 12.5. The van der Waals surface area contributed by atoms with Gasteiger partial charge in [-0.25, -0.2) is 9.59 Å². The van der Waals surface area contributed by atoms with Gasteiger partial charge < -0.3 is 24.5 Å². The van der Waals surface area contributed by atoms with E-state index in [0.717, 1.165) is 28.1 Å². The largest absolute Gasteiger partial charge is 0.491 e. The number of para-hydroxylation sites is 1. The molecule has 0 unspecified atom stereocenters. The van der Waals surface area contributed by atoms with E-state index in [2.05, 4.69) is 28.2 Å². The number of carboxylic acid groups (broad SMARTS) is 1. The number of rotatable bonds is 8. The number of alkyl carbamates (subject to hydrolysis) is 1. The average molecular weight is 451 g/mol. The van der Waals surface area contributed by atoms with Gasteiger partial charge in [-0.2, -0.15) is 0 Å². The molecule has 1 heterocycles. The zero-order valence-electron chi connectivity index (χ0n) is 19.4. The fraction of sp³-hybridized carbons (Fsp3) is 0.308. The van der Waals surface area contributed by atoms with Crippen LogP contribution in [0.25, 0.3) is 17.0 Å². The molecule has 1 aromatic heterocycles. The van der Waals surface area contributed by atoms with Gasteiger partial charge in [0.15, 0.2) is 0 Å². The van der Waals surface area contributed by atoms with Gasteiger partial charge in [-0.15, -0.1) is 0 Å². The van der Waals surface area contributed by atoms with Crippen molar-refractivity contribution in [1.82, 2.24) is 9.88 Å². The van der Waals surface area contributed by atoms with Gasteiger partial charge in [-0.05, 0) is 62.6 Å². The third-order valence-corrected chi connectivity index (χ3v) is 4.92. The smallest absolute Gasteiger partial charge is 0.408 e. The van der Waals surface area contributed by atoms with Crippen LogP contribution >= 0.6 is 0 Å². The Morgan fingerprint density at radius 2 is 1.82 bits per heavy atom. The normalized spacial score (nSPS) is 12.6.